The summed E-state index contributed by atoms with van der Waals surface area (Å²) in [5.41, 5.74) is 0.124. The third-order valence-electron chi connectivity index (χ3n) is 4.67. The minimum atomic E-state index is -1.08. The summed E-state index contributed by atoms with van der Waals surface area (Å²) in [6, 6.07) is 6.22. The summed E-state index contributed by atoms with van der Waals surface area (Å²) in [7, 11) is 1.60. The number of aliphatic hydroxyl groups is 1. The number of fused-ring (bicyclic) bond motifs is 1. The van der Waals surface area contributed by atoms with Gasteiger partial charge in [-0.25, -0.2) is 0 Å². The number of hydrogen-bond acceptors (Lipinski definition) is 4. The molecule has 1 aromatic carbocycles. The molecule has 0 unspecified atom stereocenters. The van der Waals surface area contributed by atoms with Crippen molar-refractivity contribution in [1.29, 1.82) is 0 Å². The van der Waals surface area contributed by atoms with Crippen LogP contribution < -0.4 is 0 Å². The standard InChI is InChI=1S/C20H23N3O4/c1-20(2,27)9-8-14-4-6-15(7-5-14)18(25)22-10-11-23-16(12-22)19(26)21(3)13-17(23)24/h4-7,16,27H,10-13H2,1-3H3/t16-/m1/s1. The molecule has 0 aromatic heterocycles. The largest absolute Gasteiger partial charge is 0.378 e. The Labute approximate surface area is 158 Å². The van der Waals surface area contributed by atoms with Gasteiger partial charge in [0.25, 0.3) is 5.91 Å². The molecule has 0 saturated carbocycles. The number of rotatable bonds is 1. The molecule has 2 heterocycles. The van der Waals surface area contributed by atoms with Crippen LogP contribution in [-0.2, 0) is 9.59 Å². The van der Waals surface area contributed by atoms with E-state index in [0.29, 0.717) is 24.2 Å². The molecule has 7 heteroatoms. The van der Waals surface area contributed by atoms with Gasteiger partial charge >= 0.3 is 0 Å². The molecule has 2 aliphatic rings. The summed E-state index contributed by atoms with van der Waals surface area (Å²) in [5.74, 6) is 5.20. The number of amides is 3. The molecule has 2 saturated heterocycles. The predicted molar refractivity (Wildman–Crippen MR) is 98.7 cm³/mol. The van der Waals surface area contributed by atoms with Crippen molar-refractivity contribution in [2.24, 2.45) is 0 Å². The van der Waals surface area contributed by atoms with E-state index in [1.165, 1.54) is 4.90 Å². The summed E-state index contributed by atoms with van der Waals surface area (Å²) in [6.07, 6.45) is 0. The molecular formula is C20H23N3O4. The first-order valence-electron chi connectivity index (χ1n) is 8.85. The van der Waals surface area contributed by atoms with Gasteiger partial charge in [0.05, 0.1) is 13.1 Å². The second kappa shape index (κ2) is 7.05. The van der Waals surface area contributed by atoms with E-state index < -0.39 is 11.6 Å². The Bertz CT molecular complexity index is 830. The minimum absolute atomic E-state index is 0.0797. The zero-order chi connectivity index (χ0) is 19.8. The van der Waals surface area contributed by atoms with Gasteiger partial charge in [0, 0.05) is 31.3 Å². The molecule has 0 aliphatic carbocycles. The van der Waals surface area contributed by atoms with Crippen molar-refractivity contribution in [3.05, 3.63) is 35.4 Å². The van der Waals surface area contributed by atoms with Crippen LogP contribution in [0.15, 0.2) is 24.3 Å². The van der Waals surface area contributed by atoms with Gasteiger partial charge in [0.2, 0.25) is 11.8 Å². The summed E-state index contributed by atoms with van der Waals surface area (Å²) in [4.78, 5) is 41.9. The quantitative estimate of drug-likeness (QED) is 0.703. The molecule has 3 rings (SSSR count). The number of hydrogen-bond donors (Lipinski definition) is 1. The van der Waals surface area contributed by atoms with Crippen LogP contribution in [-0.4, -0.2) is 82.4 Å². The van der Waals surface area contributed by atoms with Crippen LogP contribution in [0.4, 0.5) is 0 Å². The van der Waals surface area contributed by atoms with Gasteiger partial charge in [-0.3, -0.25) is 14.4 Å². The highest BCUT2D eigenvalue weighted by atomic mass is 16.3. The molecule has 0 spiro atoms. The van der Waals surface area contributed by atoms with Gasteiger partial charge in [-0.05, 0) is 38.1 Å². The third kappa shape index (κ3) is 4.12. The maximum atomic E-state index is 12.8. The van der Waals surface area contributed by atoms with Crippen LogP contribution in [0.25, 0.3) is 0 Å². The van der Waals surface area contributed by atoms with E-state index in [4.69, 9.17) is 0 Å². The first-order valence-corrected chi connectivity index (χ1v) is 8.85. The highest BCUT2D eigenvalue weighted by Gasteiger charge is 2.42. The third-order valence-corrected chi connectivity index (χ3v) is 4.67. The highest BCUT2D eigenvalue weighted by molar-refractivity contribution is 5.98. The van der Waals surface area contributed by atoms with E-state index in [0.717, 1.165) is 0 Å². The molecular weight excluding hydrogens is 346 g/mol. The van der Waals surface area contributed by atoms with E-state index in [1.807, 2.05) is 0 Å². The zero-order valence-corrected chi connectivity index (χ0v) is 15.7. The normalized spacial score (nSPS) is 20.1. The summed E-state index contributed by atoms with van der Waals surface area (Å²) >= 11 is 0. The van der Waals surface area contributed by atoms with E-state index in [-0.39, 0.29) is 30.8 Å². The summed E-state index contributed by atoms with van der Waals surface area (Å²) in [5, 5.41) is 9.65. The van der Waals surface area contributed by atoms with Crippen molar-refractivity contribution >= 4 is 17.7 Å². The number of benzene rings is 1. The first kappa shape index (κ1) is 18.9. The topological polar surface area (TPSA) is 81.2 Å². The lowest BCUT2D eigenvalue weighted by Gasteiger charge is -2.45. The van der Waals surface area contributed by atoms with Gasteiger partial charge in [-0.2, -0.15) is 0 Å². The Kier molecular flexibility index (Phi) is 4.94. The summed E-state index contributed by atoms with van der Waals surface area (Å²) < 4.78 is 0. The Morgan fingerprint density at radius 1 is 1.19 bits per heavy atom. The van der Waals surface area contributed by atoms with Gasteiger partial charge in [-0.15, -0.1) is 0 Å². The van der Waals surface area contributed by atoms with E-state index in [2.05, 4.69) is 11.8 Å². The second-order valence-electron chi connectivity index (χ2n) is 7.43. The number of carbonyl (C=O) groups is 3. The molecule has 1 N–H and O–H groups in total. The zero-order valence-electron chi connectivity index (χ0n) is 15.7. The first-order chi connectivity index (χ1) is 12.7. The molecule has 142 valence electrons. The molecule has 2 aliphatic heterocycles. The Morgan fingerprint density at radius 3 is 2.48 bits per heavy atom. The Balaban J connectivity index is 1.72. The fourth-order valence-electron chi connectivity index (χ4n) is 3.21. The molecule has 7 nitrogen and oxygen atoms in total. The van der Waals surface area contributed by atoms with Crippen molar-refractivity contribution in [2.45, 2.75) is 25.5 Å². The van der Waals surface area contributed by atoms with Crippen LogP contribution in [0.2, 0.25) is 0 Å². The van der Waals surface area contributed by atoms with Gasteiger partial charge in [-0.1, -0.05) is 11.8 Å². The number of likely N-dealkylation sites (N-methyl/N-ethyl adjacent to an activating group) is 1. The molecule has 0 bridgehead atoms. The molecule has 2 fully saturated rings. The molecule has 3 amide bonds. The van der Waals surface area contributed by atoms with Crippen LogP contribution >= 0.6 is 0 Å². The van der Waals surface area contributed by atoms with Gasteiger partial charge in [0.1, 0.15) is 11.6 Å². The fourth-order valence-corrected chi connectivity index (χ4v) is 3.21. The smallest absolute Gasteiger partial charge is 0.253 e. The number of piperazine rings is 2. The molecule has 0 radical (unpaired) electrons. The molecule has 1 aromatic rings. The SMILES string of the molecule is CN1CC(=O)N2CCN(C(=O)c3ccc(C#CC(C)(C)O)cc3)C[C@@H]2C1=O. The van der Waals surface area contributed by atoms with E-state index in [1.54, 1.807) is 55.0 Å². The Morgan fingerprint density at radius 2 is 1.85 bits per heavy atom. The van der Waals surface area contributed by atoms with Crippen molar-refractivity contribution in [1.82, 2.24) is 14.7 Å². The maximum Gasteiger partial charge on any atom is 0.253 e. The Hall–Kier alpha value is -2.85. The monoisotopic (exact) mass is 369 g/mol. The van der Waals surface area contributed by atoms with Crippen molar-refractivity contribution in [3.63, 3.8) is 0 Å². The van der Waals surface area contributed by atoms with Crippen molar-refractivity contribution < 1.29 is 19.5 Å². The van der Waals surface area contributed by atoms with Crippen LogP contribution in [0.5, 0.6) is 0 Å². The average Bonchev–Trinajstić information content (AvgIpc) is 2.63. The van der Waals surface area contributed by atoms with Gasteiger partial charge in [0.15, 0.2) is 0 Å². The fraction of sp³-hybridized carbons (Fsp3) is 0.450. The van der Waals surface area contributed by atoms with Crippen LogP contribution in [0, 0.1) is 11.8 Å². The lowest BCUT2D eigenvalue weighted by Crippen LogP contribution is -2.66. The second-order valence-corrected chi connectivity index (χ2v) is 7.43. The highest BCUT2D eigenvalue weighted by Crippen LogP contribution is 2.19. The molecule has 27 heavy (non-hydrogen) atoms. The van der Waals surface area contributed by atoms with Crippen molar-refractivity contribution in [3.8, 4) is 11.8 Å². The lowest BCUT2D eigenvalue weighted by molar-refractivity contribution is -0.157. The van der Waals surface area contributed by atoms with Crippen molar-refractivity contribution in [2.75, 3.05) is 33.2 Å². The average molecular weight is 369 g/mol. The van der Waals surface area contributed by atoms with E-state index in [9.17, 15) is 19.5 Å². The maximum absolute atomic E-state index is 12.8. The molecule has 1 atom stereocenters. The van der Waals surface area contributed by atoms with Crippen LogP contribution in [0.1, 0.15) is 29.8 Å². The lowest BCUT2D eigenvalue weighted by atomic mass is 10.0. The van der Waals surface area contributed by atoms with Gasteiger partial charge < -0.3 is 19.8 Å². The number of carbonyl (C=O) groups excluding carboxylic acids is 3. The van der Waals surface area contributed by atoms with Crippen LogP contribution in [0.3, 0.4) is 0 Å². The number of nitrogens with zero attached hydrogens (tertiary/aromatic N) is 3. The minimum Gasteiger partial charge on any atom is -0.378 e. The van der Waals surface area contributed by atoms with E-state index >= 15 is 0 Å². The summed E-state index contributed by atoms with van der Waals surface area (Å²) in [6.45, 7) is 4.27. The predicted octanol–water partition coefficient (Wildman–Crippen LogP) is -0.0660.